The second kappa shape index (κ2) is 4.39. The third-order valence-corrected chi connectivity index (χ3v) is 3.77. The fourth-order valence-corrected chi connectivity index (χ4v) is 2.77. The van der Waals surface area contributed by atoms with Gasteiger partial charge in [-0.2, -0.15) is 0 Å². The second-order valence-corrected chi connectivity index (χ2v) is 5.06. The van der Waals surface area contributed by atoms with Crippen molar-refractivity contribution in [2.24, 2.45) is 0 Å². The molecule has 1 aliphatic rings. The fraction of sp³-hybridized carbons (Fsp3) is 0. The molecule has 3 aromatic rings. The van der Waals surface area contributed by atoms with E-state index in [0.717, 1.165) is 0 Å². The molecule has 0 unspecified atom stereocenters. The molecule has 0 saturated carbocycles. The monoisotopic (exact) mass is 289 g/mol. The van der Waals surface area contributed by atoms with Crippen molar-refractivity contribution in [3.63, 3.8) is 0 Å². The van der Waals surface area contributed by atoms with E-state index in [4.69, 9.17) is 5.73 Å². The molecule has 5 heteroatoms. The van der Waals surface area contributed by atoms with Crippen LogP contribution < -0.4 is 5.73 Å². The Balaban J connectivity index is 2.03. The molecule has 106 valence electrons. The molecular formula is C17H11N3O2. The van der Waals surface area contributed by atoms with Crippen molar-refractivity contribution in [2.45, 2.75) is 0 Å². The van der Waals surface area contributed by atoms with Crippen LogP contribution >= 0.6 is 0 Å². The zero-order valence-corrected chi connectivity index (χ0v) is 11.5. The second-order valence-electron chi connectivity index (χ2n) is 5.06. The molecule has 1 aromatic heterocycles. The first-order valence-electron chi connectivity index (χ1n) is 6.81. The number of nitrogens with two attached hydrogens (primary N) is 1. The van der Waals surface area contributed by atoms with Gasteiger partial charge in [0.25, 0.3) is 0 Å². The molecule has 5 nitrogen and oxygen atoms in total. The van der Waals surface area contributed by atoms with E-state index in [9.17, 15) is 9.59 Å². The maximum absolute atomic E-state index is 12.8. The van der Waals surface area contributed by atoms with Gasteiger partial charge in [0.05, 0.1) is 11.3 Å². The van der Waals surface area contributed by atoms with E-state index < -0.39 is 0 Å². The van der Waals surface area contributed by atoms with E-state index >= 15 is 0 Å². The lowest BCUT2D eigenvalue weighted by molar-refractivity contribution is 0.0975. The van der Waals surface area contributed by atoms with E-state index in [0.29, 0.717) is 16.8 Å². The largest absolute Gasteiger partial charge is 0.382 e. The van der Waals surface area contributed by atoms with Crippen LogP contribution in [0, 0.1) is 0 Å². The summed E-state index contributed by atoms with van der Waals surface area (Å²) >= 11 is 0. The van der Waals surface area contributed by atoms with Gasteiger partial charge in [0.1, 0.15) is 5.69 Å². The number of nitrogens with zero attached hydrogens (tertiary/aromatic N) is 2. The Hall–Kier alpha value is -3.21. The van der Waals surface area contributed by atoms with Crippen molar-refractivity contribution in [3.05, 3.63) is 77.0 Å². The summed E-state index contributed by atoms with van der Waals surface area (Å²) in [5.74, 6) is -0.421. The number of carbonyl (C=O) groups excluding carboxylic acids is 2. The van der Waals surface area contributed by atoms with E-state index in [1.807, 2.05) is 30.3 Å². The van der Waals surface area contributed by atoms with Crippen molar-refractivity contribution < 1.29 is 9.59 Å². The molecule has 1 heterocycles. The first-order chi connectivity index (χ1) is 10.7. The number of ketones is 2. The number of hydrogen-bond acceptors (Lipinski definition) is 4. The molecule has 0 bridgehead atoms. The lowest BCUT2D eigenvalue weighted by Gasteiger charge is -2.15. The van der Waals surface area contributed by atoms with Crippen LogP contribution in [0.1, 0.15) is 32.0 Å². The van der Waals surface area contributed by atoms with Crippen LogP contribution in [0.5, 0.6) is 0 Å². The molecule has 0 aliphatic heterocycles. The van der Waals surface area contributed by atoms with Gasteiger partial charge in [0.15, 0.2) is 11.6 Å². The molecule has 22 heavy (non-hydrogen) atoms. The summed E-state index contributed by atoms with van der Waals surface area (Å²) in [7, 11) is 0. The van der Waals surface area contributed by atoms with E-state index in [-0.39, 0.29) is 28.6 Å². The fourth-order valence-electron chi connectivity index (χ4n) is 2.77. The Morgan fingerprint density at radius 1 is 0.818 bits per heavy atom. The van der Waals surface area contributed by atoms with Crippen LogP contribution in [0.25, 0.3) is 5.69 Å². The number of carbonyl (C=O) groups is 2. The Morgan fingerprint density at radius 3 is 2.09 bits per heavy atom. The first-order valence-corrected chi connectivity index (χ1v) is 6.81. The number of para-hydroxylation sites is 1. The van der Waals surface area contributed by atoms with Gasteiger partial charge in [0, 0.05) is 11.1 Å². The molecule has 0 fully saturated rings. The average molecular weight is 289 g/mol. The van der Waals surface area contributed by atoms with Gasteiger partial charge in [-0.15, -0.1) is 5.10 Å². The number of fused-ring (bicyclic) bond motifs is 2. The molecule has 0 amide bonds. The highest BCUT2D eigenvalue weighted by atomic mass is 16.1. The zero-order valence-electron chi connectivity index (χ0n) is 11.5. The number of rotatable bonds is 1. The molecule has 0 saturated heterocycles. The van der Waals surface area contributed by atoms with Crippen LogP contribution in [-0.4, -0.2) is 21.3 Å². The Labute approximate surface area is 126 Å². The predicted octanol–water partition coefficient (Wildman–Crippen LogP) is 2.23. The van der Waals surface area contributed by atoms with Gasteiger partial charge in [0.2, 0.25) is 5.78 Å². The maximum Gasteiger partial charge on any atom is 0.213 e. The van der Waals surface area contributed by atoms with Crippen molar-refractivity contribution in [1.29, 1.82) is 0 Å². The van der Waals surface area contributed by atoms with Crippen LogP contribution in [0.3, 0.4) is 0 Å². The van der Waals surface area contributed by atoms with E-state index in [1.54, 1.807) is 24.3 Å². The molecule has 2 N–H and O–H groups in total. The summed E-state index contributed by atoms with van der Waals surface area (Å²) in [5, 5.41) is 4.20. The molecule has 0 spiro atoms. The van der Waals surface area contributed by atoms with Gasteiger partial charge in [-0.3, -0.25) is 9.59 Å². The Morgan fingerprint density at radius 2 is 1.41 bits per heavy atom. The van der Waals surface area contributed by atoms with Crippen molar-refractivity contribution in [1.82, 2.24) is 9.78 Å². The van der Waals surface area contributed by atoms with Gasteiger partial charge in [-0.1, -0.05) is 42.5 Å². The first kappa shape index (κ1) is 12.5. The van der Waals surface area contributed by atoms with Crippen LogP contribution in [-0.2, 0) is 0 Å². The minimum atomic E-state index is -0.259. The van der Waals surface area contributed by atoms with Gasteiger partial charge in [-0.25, -0.2) is 4.68 Å². The van der Waals surface area contributed by atoms with Gasteiger partial charge in [-0.05, 0) is 12.1 Å². The quantitative estimate of drug-likeness (QED) is 0.583. The SMILES string of the molecule is Nc1nn(-c2ccccc2)c2c1C(=O)c1ccccc1C2=O. The van der Waals surface area contributed by atoms with E-state index in [1.165, 1.54) is 4.68 Å². The lowest BCUT2D eigenvalue weighted by Crippen LogP contribution is -2.23. The van der Waals surface area contributed by atoms with Crippen molar-refractivity contribution in [2.75, 3.05) is 5.73 Å². The smallest absolute Gasteiger partial charge is 0.213 e. The number of nitrogen functional groups attached to an aromatic ring is 1. The summed E-state index contributed by atoms with van der Waals surface area (Å²) in [6.45, 7) is 0. The van der Waals surface area contributed by atoms with Crippen LogP contribution in [0.15, 0.2) is 54.6 Å². The molecule has 0 atom stereocenters. The van der Waals surface area contributed by atoms with E-state index in [2.05, 4.69) is 5.10 Å². The topological polar surface area (TPSA) is 78.0 Å². The van der Waals surface area contributed by atoms with Gasteiger partial charge < -0.3 is 5.73 Å². The number of anilines is 1. The highest BCUT2D eigenvalue weighted by Crippen LogP contribution is 2.31. The predicted molar refractivity (Wildman–Crippen MR) is 81.3 cm³/mol. The van der Waals surface area contributed by atoms with Gasteiger partial charge >= 0.3 is 0 Å². The summed E-state index contributed by atoms with van der Waals surface area (Å²) < 4.78 is 1.45. The molecule has 2 aromatic carbocycles. The zero-order chi connectivity index (χ0) is 15.3. The minimum Gasteiger partial charge on any atom is -0.382 e. The normalized spacial score (nSPS) is 12.9. The Kier molecular flexibility index (Phi) is 2.50. The van der Waals surface area contributed by atoms with Crippen molar-refractivity contribution >= 4 is 17.4 Å². The highest BCUT2D eigenvalue weighted by molar-refractivity contribution is 6.29. The minimum absolute atomic E-state index is 0.0757. The summed E-state index contributed by atoms with van der Waals surface area (Å²) in [4.78, 5) is 25.4. The standard InChI is InChI=1S/C17H11N3O2/c18-17-13-14(20(19-17)10-6-2-1-3-7-10)16(22)12-9-5-4-8-11(12)15(13)21/h1-9H,(H2,18,19). The lowest BCUT2D eigenvalue weighted by atomic mass is 9.87. The number of aromatic nitrogens is 2. The molecule has 0 radical (unpaired) electrons. The maximum atomic E-state index is 12.8. The molecule has 1 aliphatic carbocycles. The number of benzene rings is 2. The average Bonchev–Trinajstić information content (AvgIpc) is 2.91. The highest BCUT2D eigenvalue weighted by Gasteiger charge is 2.36. The molecular weight excluding hydrogens is 278 g/mol. The molecule has 4 rings (SSSR count). The summed E-state index contributed by atoms with van der Waals surface area (Å²) in [5.41, 5.74) is 7.77. The van der Waals surface area contributed by atoms with Crippen LogP contribution in [0.2, 0.25) is 0 Å². The summed E-state index contributed by atoms with van der Waals surface area (Å²) in [6.07, 6.45) is 0. The Bertz CT molecular complexity index is 926. The number of hydrogen-bond donors (Lipinski definition) is 1. The third kappa shape index (κ3) is 1.56. The summed E-state index contributed by atoms with van der Waals surface area (Å²) in [6, 6.07) is 15.9. The third-order valence-electron chi connectivity index (χ3n) is 3.77. The van der Waals surface area contributed by atoms with Crippen LogP contribution in [0.4, 0.5) is 5.82 Å². The van der Waals surface area contributed by atoms with Crippen molar-refractivity contribution in [3.8, 4) is 5.69 Å².